The molecule has 0 spiro atoms. The first kappa shape index (κ1) is 14.1. The third-order valence-corrected chi connectivity index (χ3v) is 4.26. The van der Waals surface area contributed by atoms with Gasteiger partial charge in [0.15, 0.2) is 0 Å². The van der Waals surface area contributed by atoms with Crippen molar-refractivity contribution >= 4 is 5.97 Å². The summed E-state index contributed by atoms with van der Waals surface area (Å²) in [5.74, 6) is -0.723. The lowest BCUT2D eigenvalue weighted by molar-refractivity contribution is -0.144. The Bertz CT molecular complexity index is 409. The van der Waals surface area contributed by atoms with E-state index < -0.39 is 11.4 Å². The standard InChI is InChI=1S/C16H22O3/c1-2-16(15(17)18,13-7-4-3-5-8-13)11-10-14-9-6-12-19-14/h3-5,7-8,14H,2,6,9-12H2,1H3,(H,17,18). The van der Waals surface area contributed by atoms with E-state index >= 15 is 0 Å². The Morgan fingerprint density at radius 3 is 2.68 bits per heavy atom. The first-order valence-corrected chi connectivity index (χ1v) is 7.09. The van der Waals surface area contributed by atoms with E-state index in [4.69, 9.17) is 4.74 Å². The summed E-state index contributed by atoms with van der Waals surface area (Å²) in [6.07, 6.45) is 4.49. The van der Waals surface area contributed by atoms with Crippen LogP contribution < -0.4 is 0 Å². The molecule has 2 unspecified atom stereocenters. The van der Waals surface area contributed by atoms with Gasteiger partial charge in [0.2, 0.25) is 0 Å². The molecule has 1 fully saturated rings. The van der Waals surface area contributed by atoms with Gasteiger partial charge in [-0.1, -0.05) is 37.3 Å². The summed E-state index contributed by atoms with van der Waals surface area (Å²) in [6, 6.07) is 9.59. The van der Waals surface area contributed by atoms with Crippen molar-refractivity contribution in [1.29, 1.82) is 0 Å². The quantitative estimate of drug-likeness (QED) is 0.855. The predicted molar refractivity (Wildman–Crippen MR) is 74.3 cm³/mol. The van der Waals surface area contributed by atoms with Gasteiger partial charge in [0, 0.05) is 6.61 Å². The molecular weight excluding hydrogens is 240 g/mol. The molecule has 0 bridgehead atoms. The van der Waals surface area contributed by atoms with E-state index in [1.54, 1.807) is 0 Å². The second-order valence-electron chi connectivity index (χ2n) is 5.28. The number of carboxylic acid groups (broad SMARTS) is 1. The number of hydrogen-bond acceptors (Lipinski definition) is 2. The molecule has 1 N–H and O–H groups in total. The summed E-state index contributed by atoms with van der Waals surface area (Å²) in [4.78, 5) is 11.8. The van der Waals surface area contributed by atoms with Crippen molar-refractivity contribution < 1.29 is 14.6 Å². The lowest BCUT2D eigenvalue weighted by Crippen LogP contribution is -2.36. The molecule has 3 nitrogen and oxygen atoms in total. The van der Waals surface area contributed by atoms with Gasteiger partial charge < -0.3 is 9.84 Å². The second-order valence-corrected chi connectivity index (χ2v) is 5.28. The summed E-state index contributed by atoms with van der Waals surface area (Å²) < 4.78 is 5.62. The molecule has 1 saturated heterocycles. The first-order valence-electron chi connectivity index (χ1n) is 7.09. The zero-order chi connectivity index (χ0) is 13.7. The smallest absolute Gasteiger partial charge is 0.314 e. The number of hydrogen-bond donors (Lipinski definition) is 1. The molecule has 2 atom stereocenters. The van der Waals surface area contributed by atoms with E-state index in [1.807, 2.05) is 37.3 Å². The van der Waals surface area contributed by atoms with Gasteiger partial charge in [0.25, 0.3) is 0 Å². The fourth-order valence-corrected chi connectivity index (χ4v) is 2.94. The van der Waals surface area contributed by atoms with Crippen molar-refractivity contribution in [1.82, 2.24) is 0 Å². The van der Waals surface area contributed by atoms with Crippen LogP contribution in [0.4, 0.5) is 0 Å². The Morgan fingerprint density at radius 1 is 1.42 bits per heavy atom. The van der Waals surface area contributed by atoms with Crippen LogP contribution in [-0.2, 0) is 14.9 Å². The third-order valence-electron chi connectivity index (χ3n) is 4.26. The van der Waals surface area contributed by atoms with Crippen molar-refractivity contribution in [2.45, 2.75) is 50.5 Å². The van der Waals surface area contributed by atoms with E-state index in [2.05, 4.69) is 0 Å². The molecule has 1 aromatic carbocycles. The third kappa shape index (κ3) is 2.98. The van der Waals surface area contributed by atoms with E-state index in [-0.39, 0.29) is 6.10 Å². The van der Waals surface area contributed by atoms with Crippen LogP contribution in [0.15, 0.2) is 30.3 Å². The summed E-state index contributed by atoms with van der Waals surface area (Å²) in [5.41, 5.74) is 0.135. The highest BCUT2D eigenvalue weighted by Gasteiger charge is 2.39. The summed E-state index contributed by atoms with van der Waals surface area (Å²) in [7, 11) is 0. The van der Waals surface area contributed by atoms with E-state index in [0.29, 0.717) is 12.8 Å². The molecule has 19 heavy (non-hydrogen) atoms. The number of aliphatic carboxylic acids is 1. The van der Waals surface area contributed by atoms with Crippen LogP contribution in [0, 0.1) is 0 Å². The van der Waals surface area contributed by atoms with Gasteiger partial charge >= 0.3 is 5.97 Å². The molecule has 1 aliphatic heterocycles. The molecule has 1 aliphatic rings. The summed E-state index contributed by atoms with van der Waals surface area (Å²) >= 11 is 0. The van der Waals surface area contributed by atoms with Crippen molar-refractivity contribution in [2.75, 3.05) is 6.61 Å². The van der Waals surface area contributed by atoms with Gasteiger partial charge in [-0.3, -0.25) is 4.79 Å². The Labute approximate surface area is 114 Å². The SMILES string of the molecule is CCC(CCC1CCCO1)(C(=O)O)c1ccccc1. The minimum absolute atomic E-state index is 0.244. The maximum absolute atomic E-state index is 11.8. The molecule has 0 aliphatic carbocycles. The highest BCUT2D eigenvalue weighted by Crippen LogP contribution is 2.35. The van der Waals surface area contributed by atoms with Crippen LogP contribution in [0.2, 0.25) is 0 Å². The lowest BCUT2D eigenvalue weighted by atomic mass is 9.74. The van der Waals surface area contributed by atoms with E-state index in [0.717, 1.165) is 31.4 Å². The molecule has 1 aromatic rings. The zero-order valence-corrected chi connectivity index (χ0v) is 11.5. The Kier molecular flexibility index (Phi) is 4.59. The average molecular weight is 262 g/mol. The molecule has 0 amide bonds. The van der Waals surface area contributed by atoms with Gasteiger partial charge in [-0.05, 0) is 37.7 Å². The van der Waals surface area contributed by atoms with Crippen LogP contribution in [0.5, 0.6) is 0 Å². The monoisotopic (exact) mass is 262 g/mol. The normalized spacial score (nSPS) is 22.1. The van der Waals surface area contributed by atoms with Gasteiger partial charge in [-0.15, -0.1) is 0 Å². The maximum Gasteiger partial charge on any atom is 0.314 e. The number of ether oxygens (including phenoxy) is 1. The minimum Gasteiger partial charge on any atom is -0.481 e. The molecule has 0 saturated carbocycles. The zero-order valence-electron chi connectivity index (χ0n) is 11.5. The van der Waals surface area contributed by atoms with Gasteiger partial charge in [-0.2, -0.15) is 0 Å². The fourth-order valence-electron chi connectivity index (χ4n) is 2.94. The summed E-state index contributed by atoms with van der Waals surface area (Å²) in [6.45, 7) is 2.78. The van der Waals surface area contributed by atoms with E-state index in [9.17, 15) is 9.90 Å². The Morgan fingerprint density at radius 2 is 2.16 bits per heavy atom. The van der Waals surface area contributed by atoms with Crippen molar-refractivity contribution in [3.63, 3.8) is 0 Å². The van der Waals surface area contributed by atoms with Crippen LogP contribution in [0.1, 0.15) is 44.6 Å². The lowest BCUT2D eigenvalue weighted by Gasteiger charge is -2.29. The van der Waals surface area contributed by atoms with Crippen LogP contribution in [0.3, 0.4) is 0 Å². The number of carboxylic acids is 1. The number of carbonyl (C=O) groups is 1. The largest absolute Gasteiger partial charge is 0.481 e. The van der Waals surface area contributed by atoms with E-state index in [1.165, 1.54) is 0 Å². The van der Waals surface area contributed by atoms with Gasteiger partial charge in [0.1, 0.15) is 0 Å². The first-order chi connectivity index (χ1) is 9.19. The van der Waals surface area contributed by atoms with Gasteiger partial charge in [0.05, 0.1) is 11.5 Å². The maximum atomic E-state index is 11.8. The fraction of sp³-hybridized carbons (Fsp3) is 0.562. The number of rotatable bonds is 6. The second kappa shape index (κ2) is 6.20. The topological polar surface area (TPSA) is 46.5 Å². The molecule has 3 heteroatoms. The molecule has 2 rings (SSSR count). The van der Waals surface area contributed by atoms with Crippen molar-refractivity contribution in [3.05, 3.63) is 35.9 Å². The number of benzene rings is 1. The van der Waals surface area contributed by atoms with Crippen LogP contribution in [-0.4, -0.2) is 23.8 Å². The predicted octanol–water partition coefficient (Wildman–Crippen LogP) is 3.38. The molecule has 0 aromatic heterocycles. The minimum atomic E-state index is -0.771. The molecule has 0 radical (unpaired) electrons. The molecule has 1 heterocycles. The van der Waals surface area contributed by atoms with Crippen LogP contribution >= 0.6 is 0 Å². The van der Waals surface area contributed by atoms with Crippen LogP contribution in [0.25, 0.3) is 0 Å². The Hall–Kier alpha value is -1.35. The molecule has 104 valence electrons. The molecular formula is C16H22O3. The summed E-state index contributed by atoms with van der Waals surface area (Å²) in [5, 5.41) is 9.71. The Balaban J connectivity index is 2.16. The van der Waals surface area contributed by atoms with Crippen molar-refractivity contribution in [3.8, 4) is 0 Å². The highest BCUT2D eigenvalue weighted by atomic mass is 16.5. The van der Waals surface area contributed by atoms with Gasteiger partial charge in [-0.25, -0.2) is 0 Å². The highest BCUT2D eigenvalue weighted by molar-refractivity contribution is 5.81. The van der Waals surface area contributed by atoms with Crippen molar-refractivity contribution in [2.24, 2.45) is 0 Å². The average Bonchev–Trinajstić information content (AvgIpc) is 2.94.